The Morgan fingerprint density at radius 2 is 1.89 bits per heavy atom. The summed E-state index contributed by atoms with van der Waals surface area (Å²) < 4.78 is 16.5. The number of esters is 1. The molecule has 0 aromatic heterocycles. The molecule has 2 aromatic carbocycles. The van der Waals surface area contributed by atoms with Gasteiger partial charge in [0.2, 0.25) is 5.91 Å². The van der Waals surface area contributed by atoms with E-state index in [2.05, 4.69) is 4.74 Å². The van der Waals surface area contributed by atoms with Crippen LogP contribution in [0.25, 0.3) is 6.08 Å². The van der Waals surface area contributed by atoms with Crippen molar-refractivity contribution >= 4 is 63.5 Å². The number of carbonyl (C=O) groups excluding carboxylic acids is 4. The fraction of sp³-hybridized carbons (Fsp3) is 0.308. The second-order valence-corrected chi connectivity index (χ2v) is 10.4. The molecular weight excluding hydrogens is 611 g/mol. The first-order valence-electron chi connectivity index (χ1n) is 11.6. The number of ether oxygens (including phenoxy) is 3. The Balaban J connectivity index is 1.48. The number of fused-ring (bicyclic) bond motifs is 1. The summed E-state index contributed by atoms with van der Waals surface area (Å²) in [6, 6.07) is 11.4. The van der Waals surface area contributed by atoms with E-state index >= 15 is 0 Å². The minimum absolute atomic E-state index is 0.211. The summed E-state index contributed by atoms with van der Waals surface area (Å²) in [5, 5.41) is -0.486. The van der Waals surface area contributed by atoms with E-state index in [9.17, 15) is 19.2 Å². The number of hydrogen-bond acceptors (Lipinski definition) is 8. The average molecular weight is 636 g/mol. The highest BCUT2D eigenvalue weighted by atomic mass is 127. The Morgan fingerprint density at radius 1 is 1.14 bits per heavy atom. The molecule has 4 rings (SSSR count). The fourth-order valence-corrected chi connectivity index (χ4v) is 5.62. The maximum atomic E-state index is 13.0. The zero-order chi connectivity index (χ0) is 26.5. The smallest absolute Gasteiger partial charge is 0.343 e. The minimum Gasteiger partial charge on any atom is -0.490 e. The van der Waals surface area contributed by atoms with Gasteiger partial charge in [-0.15, -0.1) is 0 Å². The highest BCUT2D eigenvalue weighted by Gasteiger charge is 2.37. The second-order valence-electron chi connectivity index (χ2n) is 8.23. The lowest BCUT2D eigenvalue weighted by Crippen LogP contribution is -2.44. The average Bonchev–Trinajstić information content (AvgIpc) is 3.15. The molecule has 3 amide bonds. The van der Waals surface area contributed by atoms with Gasteiger partial charge in [-0.2, -0.15) is 0 Å². The molecule has 0 bridgehead atoms. The third-order valence-electron chi connectivity index (χ3n) is 5.84. The van der Waals surface area contributed by atoms with Crippen LogP contribution in [-0.4, -0.2) is 66.2 Å². The zero-order valence-corrected chi connectivity index (χ0v) is 23.3. The van der Waals surface area contributed by atoms with Crippen LogP contribution in [0.3, 0.4) is 0 Å². The van der Waals surface area contributed by atoms with Crippen LogP contribution in [-0.2, 0) is 32.1 Å². The van der Waals surface area contributed by atoms with Crippen LogP contribution in [0.5, 0.6) is 11.5 Å². The van der Waals surface area contributed by atoms with Gasteiger partial charge in [-0.1, -0.05) is 24.3 Å². The molecule has 2 aliphatic heterocycles. The predicted molar refractivity (Wildman–Crippen MR) is 146 cm³/mol. The first-order chi connectivity index (χ1) is 17.8. The number of methoxy groups -OCH3 is 1. The second kappa shape index (κ2) is 12.0. The molecule has 2 aliphatic rings. The zero-order valence-electron chi connectivity index (χ0n) is 20.3. The normalized spacial score (nSPS) is 16.1. The van der Waals surface area contributed by atoms with Gasteiger partial charge < -0.3 is 19.1 Å². The Morgan fingerprint density at radius 3 is 2.62 bits per heavy atom. The monoisotopic (exact) mass is 636 g/mol. The van der Waals surface area contributed by atoms with E-state index in [-0.39, 0.29) is 24.0 Å². The summed E-state index contributed by atoms with van der Waals surface area (Å²) in [5.41, 5.74) is 2.90. The largest absolute Gasteiger partial charge is 0.490 e. The van der Waals surface area contributed by atoms with Crippen molar-refractivity contribution in [1.82, 2.24) is 9.80 Å². The number of imide groups is 1. The topological polar surface area (TPSA) is 102 Å². The van der Waals surface area contributed by atoms with Crippen molar-refractivity contribution in [2.24, 2.45) is 0 Å². The Hall–Kier alpha value is -3.06. The fourth-order valence-electron chi connectivity index (χ4n) is 4.00. The van der Waals surface area contributed by atoms with Gasteiger partial charge in [0.1, 0.15) is 6.54 Å². The molecular formula is C26H25IN2O7S. The Kier molecular flexibility index (Phi) is 8.75. The highest BCUT2D eigenvalue weighted by Crippen LogP contribution is 2.37. The van der Waals surface area contributed by atoms with E-state index in [4.69, 9.17) is 9.47 Å². The number of halogens is 1. The third kappa shape index (κ3) is 6.27. The quantitative estimate of drug-likeness (QED) is 0.245. The van der Waals surface area contributed by atoms with Crippen molar-refractivity contribution in [1.29, 1.82) is 0 Å². The number of rotatable bonds is 8. The lowest BCUT2D eigenvalue weighted by Gasteiger charge is -2.29. The standard InChI is InChI=1S/C26H25IN2O7S/c1-3-35-20-11-16(10-19(27)24(20)36-15-23(31)34-2)12-21-25(32)29(26(33)37-21)14-22(30)28-9-8-17-6-4-5-7-18(17)13-28/h4-7,10-12H,3,8-9,13-15H2,1-2H3/b21-12+. The molecule has 1 fully saturated rings. The number of nitrogens with zero attached hydrogens (tertiary/aromatic N) is 2. The van der Waals surface area contributed by atoms with Crippen LogP contribution in [0, 0.1) is 3.57 Å². The SMILES string of the molecule is CCOc1cc(/C=C2/SC(=O)N(CC(=O)N3CCc4ccccc4C3)C2=O)cc(I)c1OCC(=O)OC. The molecule has 0 aliphatic carbocycles. The number of benzene rings is 2. The molecule has 2 heterocycles. The highest BCUT2D eigenvalue weighted by molar-refractivity contribution is 14.1. The molecule has 2 aromatic rings. The molecule has 11 heteroatoms. The van der Waals surface area contributed by atoms with Gasteiger partial charge in [-0.3, -0.25) is 19.3 Å². The lowest BCUT2D eigenvalue weighted by atomic mass is 10.00. The number of amides is 3. The molecule has 1 saturated heterocycles. The van der Waals surface area contributed by atoms with Crippen LogP contribution >= 0.6 is 34.4 Å². The van der Waals surface area contributed by atoms with E-state index in [1.807, 2.05) is 53.8 Å². The van der Waals surface area contributed by atoms with Crippen molar-refractivity contribution < 1.29 is 33.4 Å². The summed E-state index contributed by atoms with van der Waals surface area (Å²) in [7, 11) is 1.27. The lowest BCUT2D eigenvalue weighted by molar-refractivity contribution is -0.143. The van der Waals surface area contributed by atoms with Crippen molar-refractivity contribution in [3.8, 4) is 11.5 Å². The van der Waals surface area contributed by atoms with Crippen LogP contribution in [0.2, 0.25) is 0 Å². The minimum atomic E-state index is -0.528. The molecule has 9 nitrogen and oxygen atoms in total. The molecule has 0 radical (unpaired) electrons. The van der Waals surface area contributed by atoms with E-state index in [1.54, 1.807) is 23.1 Å². The summed E-state index contributed by atoms with van der Waals surface area (Å²) in [6.07, 6.45) is 2.32. The van der Waals surface area contributed by atoms with Gasteiger partial charge in [0.25, 0.3) is 11.1 Å². The molecule has 0 unspecified atom stereocenters. The van der Waals surface area contributed by atoms with Crippen LogP contribution in [0.1, 0.15) is 23.6 Å². The van der Waals surface area contributed by atoms with Crippen LogP contribution < -0.4 is 9.47 Å². The van der Waals surface area contributed by atoms with Gasteiger partial charge in [-0.25, -0.2) is 4.79 Å². The van der Waals surface area contributed by atoms with Gasteiger partial charge in [0.15, 0.2) is 18.1 Å². The van der Waals surface area contributed by atoms with Gasteiger partial charge >= 0.3 is 5.97 Å². The number of hydrogen-bond donors (Lipinski definition) is 0. The first-order valence-corrected chi connectivity index (χ1v) is 13.5. The van der Waals surface area contributed by atoms with E-state index in [1.165, 1.54) is 12.7 Å². The maximum absolute atomic E-state index is 13.0. The van der Waals surface area contributed by atoms with Crippen LogP contribution in [0.15, 0.2) is 41.3 Å². The van der Waals surface area contributed by atoms with E-state index < -0.39 is 17.1 Å². The van der Waals surface area contributed by atoms with Crippen molar-refractivity contribution in [3.05, 3.63) is 61.6 Å². The molecule has 0 N–H and O–H groups in total. The Labute approximate surface area is 232 Å². The molecule has 37 heavy (non-hydrogen) atoms. The third-order valence-corrected chi connectivity index (χ3v) is 7.55. The van der Waals surface area contributed by atoms with Crippen molar-refractivity contribution in [3.63, 3.8) is 0 Å². The van der Waals surface area contributed by atoms with E-state index in [0.717, 1.165) is 28.6 Å². The number of carbonyl (C=O) groups is 4. The first kappa shape index (κ1) is 27.0. The predicted octanol–water partition coefficient (Wildman–Crippen LogP) is 3.86. The number of thioether (sulfide) groups is 1. The maximum Gasteiger partial charge on any atom is 0.343 e. The summed E-state index contributed by atoms with van der Waals surface area (Å²) in [5.74, 6) is -0.534. The molecule has 0 atom stereocenters. The summed E-state index contributed by atoms with van der Waals surface area (Å²) >= 11 is 2.84. The van der Waals surface area contributed by atoms with Crippen LogP contribution in [0.4, 0.5) is 4.79 Å². The Bertz CT molecular complexity index is 1280. The van der Waals surface area contributed by atoms with Crippen molar-refractivity contribution in [2.75, 3.05) is 33.4 Å². The summed E-state index contributed by atoms with van der Waals surface area (Å²) in [6.45, 7) is 2.60. The van der Waals surface area contributed by atoms with Gasteiger partial charge in [-0.05, 0) is 82.6 Å². The molecule has 0 spiro atoms. The van der Waals surface area contributed by atoms with Gasteiger partial charge in [0.05, 0.1) is 22.2 Å². The summed E-state index contributed by atoms with van der Waals surface area (Å²) in [4.78, 5) is 53.0. The van der Waals surface area contributed by atoms with Gasteiger partial charge in [0, 0.05) is 13.1 Å². The van der Waals surface area contributed by atoms with Crippen molar-refractivity contribution in [2.45, 2.75) is 19.9 Å². The molecule has 0 saturated carbocycles. The van der Waals surface area contributed by atoms with E-state index in [0.29, 0.717) is 40.3 Å². The molecule has 194 valence electrons.